The van der Waals surface area contributed by atoms with Crippen LogP contribution >= 0.6 is 0 Å². The molecule has 5 nitrogen and oxygen atoms in total. The van der Waals surface area contributed by atoms with Crippen LogP contribution in [0.1, 0.15) is 11.3 Å². The van der Waals surface area contributed by atoms with Gasteiger partial charge in [-0.2, -0.15) is 0 Å². The van der Waals surface area contributed by atoms with Gasteiger partial charge in [0.2, 0.25) is 0 Å². The molecule has 0 amide bonds. The molecule has 0 fully saturated rings. The van der Waals surface area contributed by atoms with Crippen molar-refractivity contribution in [3.63, 3.8) is 0 Å². The van der Waals surface area contributed by atoms with Crippen molar-refractivity contribution in [2.45, 2.75) is 13.8 Å². The minimum atomic E-state index is -0.377. The Morgan fingerprint density at radius 1 is 1.38 bits per heavy atom. The summed E-state index contributed by atoms with van der Waals surface area (Å²) < 4.78 is 1.84. The minimum absolute atomic E-state index is 0.139. The molecule has 0 spiro atoms. The van der Waals surface area contributed by atoms with Crippen molar-refractivity contribution in [3.05, 3.63) is 52.1 Å². The lowest BCUT2D eigenvalue weighted by atomic mass is 10.2. The molecule has 16 heavy (non-hydrogen) atoms. The van der Waals surface area contributed by atoms with Crippen LogP contribution in [0.15, 0.2) is 30.7 Å². The van der Waals surface area contributed by atoms with Gasteiger partial charge in [0.15, 0.2) is 0 Å². The molecule has 0 atom stereocenters. The molecule has 2 rings (SSSR count). The Kier molecular flexibility index (Phi) is 2.44. The smallest absolute Gasteiger partial charge is 0.272 e. The lowest BCUT2D eigenvalue weighted by molar-refractivity contribution is -0.385. The Labute approximate surface area is 92.5 Å². The molecule has 1 heterocycles. The highest BCUT2D eigenvalue weighted by molar-refractivity contribution is 5.47. The van der Waals surface area contributed by atoms with E-state index in [1.54, 1.807) is 25.4 Å². The zero-order valence-electron chi connectivity index (χ0n) is 9.04. The van der Waals surface area contributed by atoms with Crippen LogP contribution < -0.4 is 0 Å². The molecule has 1 aromatic carbocycles. The molecule has 0 saturated carbocycles. The molecule has 0 N–H and O–H groups in total. The summed E-state index contributed by atoms with van der Waals surface area (Å²) in [5.74, 6) is 0. The molecule has 0 radical (unpaired) electrons. The fraction of sp³-hybridized carbons (Fsp3) is 0.182. The maximum absolute atomic E-state index is 10.7. The topological polar surface area (TPSA) is 61.0 Å². The Balaban J connectivity index is 2.45. The van der Waals surface area contributed by atoms with Gasteiger partial charge in [-0.3, -0.25) is 10.1 Å². The Hall–Kier alpha value is -2.17. The van der Waals surface area contributed by atoms with E-state index in [1.807, 2.05) is 17.7 Å². The number of hydrogen-bond acceptors (Lipinski definition) is 3. The summed E-state index contributed by atoms with van der Waals surface area (Å²) in [6.45, 7) is 3.63. The molecule has 1 aromatic heterocycles. The van der Waals surface area contributed by atoms with Crippen LogP contribution in [0.4, 0.5) is 5.69 Å². The van der Waals surface area contributed by atoms with Crippen LogP contribution in [-0.2, 0) is 0 Å². The Morgan fingerprint density at radius 2 is 2.12 bits per heavy atom. The van der Waals surface area contributed by atoms with E-state index < -0.39 is 0 Å². The number of benzene rings is 1. The van der Waals surface area contributed by atoms with E-state index in [-0.39, 0.29) is 10.6 Å². The number of imidazole rings is 1. The normalized spacial score (nSPS) is 10.4. The number of nitrogens with zero attached hydrogens (tertiary/aromatic N) is 3. The largest absolute Gasteiger partial charge is 0.306 e. The summed E-state index contributed by atoms with van der Waals surface area (Å²) >= 11 is 0. The monoisotopic (exact) mass is 217 g/mol. The van der Waals surface area contributed by atoms with Gasteiger partial charge in [0.05, 0.1) is 16.9 Å². The van der Waals surface area contributed by atoms with Crippen LogP contribution in [0.3, 0.4) is 0 Å². The second kappa shape index (κ2) is 3.77. The number of hydrogen-bond donors (Lipinski definition) is 0. The molecular formula is C11H11N3O2. The van der Waals surface area contributed by atoms with Gasteiger partial charge >= 0.3 is 0 Å². The summed E-state index contributed by atoms with van der Waals surface area (Å²) in [5.41, 5.74) is 2.58. The van der Waals surface area contributed by atoms with Crippen molar-refractivity contribution < 1.29 is 4.92 Å². The second-order valence-corrected chi connectivity index (χ2v) is 3.65. The minimum Gasteiger partial charge on any atom is -0.306 e. The van der Waals surface area contributed by atoms with E-state index in [0.717, 1.165) is 11.4 Å². The molecular weight excluding hydrogens is 206 g/mol. The van der Waals surface area contributed by atoms with Crippen molar-refractivity contribution in [3.8, 4) is 5.69 Å². The second-order valence-electron chi connectivity index (χ2n) is 3.65. The third kappa shape index (κ3) is 1.79. The highest BCUT2D eigenvalue weighted by Crippen LogP contribution is 2.20. The molecule has 2 aromatic rings. The zero-order chi connectivity index (χ0) is 11.7. The van der Waals surface area contributed by atoms with E-state index in [2.05, 4.69) is 4.98 Å². The Morgan fingerprint density at radius 3 is 2.62 bits per heavy atom. The van der Waals surface area contributed by atoms with Gasteiger partial charge in [-0.05, 0) is 26.0 Å². The number of rotatable bonds is 2. The third-order valence-corrected chi connectivity index (χ3v) is 2.39. The zero-order valence-corrected chi connectivity index (χ0v) is 9.04. The van der Waals surface area contributed by atoms with Crippen LogP contribution in [-0.4, -0.2) is 14.5 Å². The van der Waals surface area contributed by atoms with Crippen LogP contribution in [0.25, 0.3) is 5.69 Å². The van der Waals surface area contributed by atoms with E-state index in [0.29, 0.717) is 5.56 Å². The van der Waals surface area contributed by atoms with Gasteiger partial charge in [-0.15, -0.1) is 0 Å². The Bertz CT molecular complexity index is 546. The highest BCUT2D eigenvalue weighted by atomic mass is 16.6. The summed E-state index contributed by atoms with van der Waals surface area (Å²) in [4.78, 5) is 14.4. The SMILES string of the molecule is Cc1cn(-c2ccc([N+](=O)[O-])c(C)c2)cn1. The lowest BCUT2D eigenvalue weighted by Crippen LogP contribution is -1.95. The van der Waals surface area contributed by atoms with Crippen molar-refractivity contribution in [1.82, 2.24) is 9.55 Å². The summed E-state index contributed by atoms with van der Waals surface area (Å²) in [5, 5.41) is 10.7. The van der Waals surface area contributed by atoms with Gasteiger partial charge in [0, 0.05) is 23.5 Å². The van der Waals surface area contributed by atoms with Crippen molar-refractivity contribution in [2.24, 2.45) is 0 Å². The van der Waals surface area contributed by atoms with Gasteiger partial charge in [0.25, 0.3) is 5.69 Å². The summed E-state index contributed by atoms with van der Waals surface area (Å²) in [7, 11) is 0. The first-order valence-corrected chi connectivity index (χ1v) is 4.84. The predicted molar refractivity (Wildman–Crippen MR) is 59.7 cm³/mol. The van der Waals surface area contributed by atoms with Crippen LogP contribution in [0.5, 0.6) is 0 Å². The number of aromatic nitrogens is 2. The predicted octanol–water partition coefficient (Wildman–Crippen LogP) is 2.40. The maximum Gasteiger partial charge on any atom is 0.272 e. The molecule has 0 aliphatic rings. The van der Waals surface area contributed by atoms with E-state index in [1.165, 1.54) is 6.07 Å². The van der Waals surface area contributed by atoms with Crippen LogP contribution in [0, 0.1) is 24.0 Å². The quantitative estimate of drug-likeness (QED) is 0.573. The molecule has 0 aliphatic carbocycles. The first-order valence-electron chi connectivity index (χ1n) is 4.84. The number of nitro groups is 1. The molecule has 0 saturated heterocycles. The first kappa shape index (κ1) is 10.4. The first-order chi connectivity index (χ1) is 7.58. The third-order valence-electron chi connectivity index (χ3n) is 2.39. The van der Waals surface area contributed by atoms with Gasteiger partial charge in [0.1, 0.15) is 0 Å². The number of aryl methyl sites for hydroxylation is 2. The average Bonchev–Trinajstić information content (AvgIpc) is 2.64. The molecule has 0 bridgehead atoms. The summed E-state index contributed by atoms with van der Waals surface area (Å²) in [6, 6.07) is 5.01. The fourth-order valence-corrected chi connectivity index (χ4v) is 1.57. The average molecular weight is 217 g/mol. The van der Waals surface area contributed by atoms with Crippen molar-refractivity contribution in [2.75, 3.05) is 0 Å². The summed E-state index contributed by atoms with van der Waals surface area (Å²) in [6.07, 6.45) is 3.57. The molecule has 0 aliphatic heterocycles. The maximum atomic E-state index is 10.7. The highest BCUT2D eigenvalue weighted by Gasteiger charge is 2.10. The van der Waals surface area contributed by atoms with E-state index in [4.69, 9.17) is 0 Å². The van der Waals surface area contributed by atoms with Crippen molar-refractivity contribution >= 4 is 5.69 Å². The van der Waals surface area contributed by atoms with Gasteiger partial charge < -0.3 is 4.57 Å². The fourth-order valence-electron chi connectivity index (χ4n) is 1.57. The van der Waals surface area contributed by atoms with Crippen LogP contribution in [0.2, 0.25) is 0 Å². The number of nitro benzene ring substituents is 1. The van der Waals surface area contributed by atoms with Gasteiger partial charge in [-0.1, -0.05) is 0 Å². The van der Waals surface area contributed by atoms with E-state index in [9.17, 15) is 10.1 Å². The van der Waals surface area contributed by atoms with E-state index >= 15 is 0 Å². The molecule has 5 heteroatoms. The van der Waals surface area contributed by atoms with Crippen molar-refractivity contribution in [1.29, 1.82) is 0 Å². The standard InChI is InChI=1S/C11H11N3O2/c1-8-5-10(3-4-11(8)14(15)16)13-6-9(2)12-7-13/h3-7H,1-2H3. The molecule has 0 unspecified atom stereocenters. The lowest BCUT2D eigenvalue weighted by Gasteiger charge is -2.03. The molecule has 82 valence electrons. The van der Waals surface area contributed by atoms with Gasteiger partial charge in [-0.25, -0.2) is 4.98 Å².